The van der Waals surface area contributed by atoms with Crippen LogP contribution in [0.5, 0.6) is 0 Å². The first kappa shape index (κ1) is 21.6. The van der Waals surface area contributed by atoms with E-state index in [1.54, 1.807) is 12.1 Å². The molecular weight excluding hydrogens is 402 g/mol. The molecule has 9 nitrogen and oxygen atoms in total. The molecule has 1 aromatic heterocycles. The molecule has 2 aromatic carbocycles. The van der Waals surface area contributed by atoms with Crippen molar-refractivity contribution in [2.75, 3.05) is 11.9 Å². The van der Waals surface area contributed by atoms with Crippen LogP contribution in [0.15, 0.2) is 63.8 Å². The number of ether oxygens (including phenoxy) is 1. The summed E-state index contributed by atoms with van der Waals surface area (Å²) >= 11 is 0. The van der Waals surface area contributed by atoms with E-state index in [9.17, 15) is 19.2 Å². The molecule has 0 bridgehead atoms. The fourth-order valence-corrected chi connectivity index (χ4v) is 2.83. The van der Waals surface area contributed by atoms with Crippen molar-refractivity contribution >= 4 is 34.6 Å². The number of hydrogen-bond donors (Lipinski definition) is 3. The van der Waals surface area contributed by atoms with E-state index in [2.05, 4.69) is 16.0 Å². The van der Waals surface area contributed by atoms with E-state index >= 15 is 0 Å². The van der Waals surface area contributed by atoms with E-state index in [1.165, 1.54) is 19.1 Å². The van der Waals surface area contributed by atoms with Gasteiger partial charge in [0, 0.05) is 42.2 Å². The first-order chi connectivity index (χ1) is 14.9. The maximum atomic E-state index is 12.0. The summed E-state index contributed by atoms with van der Waals surface area (Å²) in [6.07, 6.45) is 0. The molecule has 0 saturated heterocycles. The second-order valence-electron chi connectivity index (χ2n) is 6.67. The molecule has 0 aliphatic heterocycles. The Balaban J connectivity index is 1.54. The number of carbonyl (C=O) groups excluding carboxylic acids is 3. The van der Waals surface area contributed by atoms with E-state index in [0.29, 0.717) is 23.2 Å². The number of fused-ring (bicyclic) bond motifs is 1. The van der Waals surface area contributed by atoms with Crippen molar-refractivity contribution in [3.63, 3.8) is 0 Å². The van der Waals surface area contributed by atoms with Crippen LogP contribution in [-0.2, 0) is 27.5 Å². The smallest absolute Gasteiger partial charge is 0.336 e. The highest BCUT2D eigenvalue weighted by atomic mass is 16.5. The Morgan fingerprint density at radius 1 is 1.00 bits per heavy atom. The van der Waals surface area contributed by atoms with Crippen LogP contribution in [-0.4, -0.2) is 24.5 Å². The van der Waals surface area contributed by atoms with Crippen LogP contribution in [0.25, 0.3) is 11.0 Å². The molecule has 0 unspecified atom stereocenters. The Bertz CT molecular complexity index is 1160. The fourth-order valence-electron chi connectivity index (χ4n) is 2.83. The van der Waals surface area contributed by atoms with Crippen molar-refractivity contribution < 1.29 is 23.5 Å². The third-order valence-electron chi connectivity index (χ3n) is 4.23. The zero-order valence-electron chi connectivity index (χ0n) is 16.8. The highest BCUT2D eigenvalue weighted by molar-refractivity contribution is 5.92. The predicted octanol–water partition coefficient (Wildman–Crippen LogP) is 2.29. The molecule has 3 N–H and O–H groups in total. The molecule has 0 radical (unpaired) electrons. The van der Waals surface area contributed by atoms with Gasteiger partial charge in [0.15, 0.2) is 0 Å². The lowest BCUT2D eigenvalue weighted by Crippen LogP contribution is -2.38. The van der Waals surface area contributed by atoms with Crippen LogP contribution < -0.4 is 21.6 Å². The van der Waals surface area contributed by atoms with E-state index in [0.717, 1.165) is 5.56 Å². The van der Waals surface area contributed by atoms with Crippen LogP contribution in [0, 0.1) is 0 Å². The van der Waals surface area contributed by atoms with Gasteiger partial charge in [0.05, 0.1) is 0 Å². The summed E-state index contributed by atoms with van der Waals surface area (Å²) in [4.78, 5) is 46.8. The van der Waals surface area contributed by atoms with Crippen LogP contribution in [0.4, 0.5) is 10.5 Å². The molecular formula is C22H21N3O6. The molecule has 0 aliphatic carbocycles. The maximum Gasteiger partial charge on any atom is 0.336 e. The number of urea groups is 1. The summed E-state index contributed by atoms with van der Waals surface area (Å²) < 4.78 is 10.3. The van der Waals surface area contributed by atoms with E-state index < -0.39 is 17.6 Å². The topological polar surface area (TPSA) is 127 Å². The number of hydrogen-bond acceptors (Lipinski definition) is 6. The van der Waals surface area contributed by atoms with E-state index in [1.807, 2.05) is 30.3 Å². The van der Waals surface area contributed by atoms with Crippen LogP contribution in [0.2, 0.25) is 0 Å². The predicted molar refractivity (Wildman–Crippen MR) is 113 cm³/mol. The SMILES string of the molecule is CC(=O)Nc1ccc2c(COC(=O)CNC(=O)NCc3ccccc3)cc(=O)oc2c1. The van der Waals surface area contributed by atoms with Gasteiger partial charge in [0.1, 0.15) is 18.7 Å². The van der Waals surface area contributed by atoms with Gasteiger partial charge >= 0.3 is 17.6 Å². The van der Waals surface area contributed by atoms with Crippen molar-refractivity contribution in [1.82, 2.24) is 10.6 Å². The monoisotopic (exact) mass is 423 g/mol. The van der Waals surface area contributed by atoms with Crippen molar-refractivity contribution in [3.05, 3.63) is 76.1 Å². The van der Waals surface area contributed by atoms with Gasteiger partial charge in [-0.15, -0.1) is 0 Å². The molecule has 9 heteroatoms. The number of esters is 1. The largest absolute Gasteiger partial charge is 0.459 e. The van der Waals surface area contributed by atoms with Crippen LogP contribution in [0.1, 0.15) is 18.1 Å². The van der Waals surface area contributed by atoms with Crippen LogP contribution in [0.3, 0.4) is 0 Å². The Labute approximate surface area is 177 Å². The Hall–Kier alpha value is -4.14. The number of benzene rings is 2. The summed E-state index contributed by atoms with van der Waals surface area (Å²) in [6, 6.07) is 14.9. The molecule has 0 aliphatic rings. The Morgan fingerprint density at radius 3 is 2.52 bits per heavy atom. The molecule has 0 saturated carbocycles. The second kappa shape index (κ2) is 10.1. The second-order valence-corrected chi connectivity index (χ2v) is 6.67. The van der Waals surface area contributed by atoms with Crippen LogP contribution >= 0.6 is 0 Å². The Morgan fingerprint density at radius 2 is 1.77 bits per heavy atom. The molecule has 0 atom stereocenters. The molecule has 3 rings (SSSR count). The average molecular weight is 423 g/mol. The van der Waals surface area contributed by atoms with Gasteiger partial charge in [-0.05, 0) is 17.7 Å². The summed E-state index contributed by atoms with van der Waals surface area (Å²) in [6.45, 7) is 1.20. The third-order valence-corrected chi connectivity index (χ3v) is 4.23. The van der Waals surface area contributed by atoms with E-state index in [4.69, 9.17) is 9.15 Å². The minimum atomic E-state index is -0.661. The highest BCUT2D eigenvalue weighted by Crippen LogP contribution is 2.22. The first-order valence-electron chi connectivity index (χ1n) is 9.46. The van der Waals surface area contributed by atoms with Gasteiger partial charge in [0.2, 0.25) is 5.91 Å². The lowest BCUT2D eigenvalue weighted by atomic mass is 10.1. The molecule has 1 heterocycles. The minimum absolute atomic E-state index is 0.173. The number of carbonyl (C=O) groups is 3. The van der Waals surface area contributed by atoms with Crippen molar-refractivity contribution in [2.24, 2.45) is 0 Å². The Kier molecular flexibility index (Phi) is 7.00. The zero-order chi connectivity index (χ0) is 22.2. The van der Waals surface area contributed by atoms with Gasteiger partial charge in [-0.1, -0.05) is 30.3 Å². The molecule has 3 aromatic rings. The van der Waals surface area contributed by atoms with Gasteiger partial charge in [0.25, 0.3) is 0 Å². The maximum absolute atomic E-state index is 12.0. The average Bonchev–Trinajstić information content (AvgIpc) is 2.74. The first-order valence-corrected chi connectivity index (χ1v) is 9.46. The van der Waals surface area contributed by atoms with E-state index in [-0.39, 0.29) is 24.6 Å². The number of rotatable bonds is 7. The zero-order valence-corrected chi connectivity index (χ0v) is 16.8. The fraction of sp³-hybridized carbons (Fsp3) is 0.182. The quantitative estimate of drug-likeness (QED) is 0.395. The molecule has 0 fully saturated rings. The lowest BCUT2D eigenvalue weighted by Gasteiger charge is -2.10. The third kappa shape index (κ3) is 6.43. The number of amides is 3. The summed E-state index contributed by atoms with van der Waals surface area (Å²) in [5, 5.41) is 8.22. The molecule has 0 spiro atoms. The normalized spacial score (nSPS) is 10.4. The molecule has 3 amide bonds. The summed E-state index contributed by atoms with van der Waals surface area (Å²) in [5.74, 6) is -0.918. The number of anilines is 1. The van der Waals surface area contributed by atoms with Crippen molar-refractivity contribution in [1.29, 1.82) is 0 Å². The van der Waals surface area contributed by atoms with Gasteiger partial charge < -0.3 is 25.1 Å². The molecule has 160 valence electrons. The standard InChI is InChI=1S/C22H21N3O6/c1-14(26)25-17-7-8-18-16(9-20(27)31-19(18)10-17)13-30-21(28)12-24-22(29)23-11-15-5-3-2-4-6-15/h2-10H,11-13H2,1H3,(H,25,26)(H2,23,24,29). The van der Waals surface area contributed by atoms with Gasteiger partial charge in [-0.2, -0.15) is 0 Å². The highest BCUT2D eigenvalue weighted by Gasteiger charge is 2.11. The van der Waals surface area contributed by atoms with Gasteiger partial charge in [-0.3, -0.25) is 9.59 Å². The summed E-state index contributed by atoms with van der Waals surface area (Å²) in [5.41, 5.74) is 1.49. The minimum Gasteiger partial charge on any atom is -0.459 e. The summed E-state index contributed by atoms with van der Waals surface area (Å²) in [7, 11) is 0. The van der Waals surface area contributed by atoms with Gasteiger partial charge in [-0.25, -0.2) is 9.59 Å². The van der Waals surface area contributed by atoms with Crippen molar-refractivity contribution in [3.8, 4) is 0 Å². The van der Waals surface area contributed by atoms with Crippen molar-refractivity contribution in [2.45, 2.75) is 20.1 Å². The number of nitrogens with one attached hydrogen (secondary N) is 3. The lowest BCUT2D eigenvalue weighted by molar-refractivity contribution is -0.143. The molecule has 31 heavy (non-hydrogen) atoms.